The molecule has 1 heterocycles. The van der Waals surface area contributed by atoms with Crippen LogP contribution >= 0.6 is 0 Å². The van der Waals surface area contributed by atoms with Crippen molar-refractivity contribution in [2.75, 3.05) is 6.61 Å². The Bertz CT molecular complexity index is 1210. The molecule has 184 valence electrons. The van der Waals surface area contributed by atoms with E-state index in [1.165, 1.54) is 12.3 Å². The zero-order valence-electron chi connectivity index (χ0n) is 20.2. The molecule has 0 saturated heterocycles. The van der Waals surface area contributed by atoms with Gasteiger partial charge in [0, 0.05) is 6.08 Å². The first-order valence-corrected chi connectivity index (χ1v) is 12.1. The number of carbonyl (C=O) groups is 1. The van der Waals surface area contributed by atoms with Gasteiger partial charge >= 0.3 is 0 Å². The fourth-order valence-corrected chi connectivity index (χ4v) is 4.33. The Hall–Kier alpha value is -4.16. The van der Waals surface area contributed by atoms with Gasteiger partial charge < -0.3 is 14.6 Å². The van der Waals surface area contributed by atoms with Crippen LogP contribution in [0.4, 0.5) is 0 Å². The summed E-state index contributed by atoms with van der Waals surface area (Å²) in [5.41, 5.74) is 3.72. The molecule has 5 nitrogen and oxygen atoms in total. The summed E-state index contributed by atoms with van der Waals surface area (Å²) in [6.07, 6.45) is 1.43. The van der Waals surface area contributed by atoms with Gasteiger partial charge in [0.2, 0.25) is 5.78 Å². The number of hydrogen-bond donors (Lipinski definition) is 1. The zero-order chi connectivity index (χ0) is 25.5. The molecule has 0 amide bonds. The van der Waals surface area contributed by atoms with Gasteiger partial charge in [-0.2, -0.15) is 0 Å². The van der Waals surface area contributed by atoms with Crippen molar-refractivity contribution in [2.45, 2.75) is 18.0 Å². The number of aliphatic imine (C=N–C) groups is 1. The molecule has 0 aromatic heterocycles. The maximum absolute atomic E-state index is 13.8. The third-order valence-electron chi connectivity index (χ3n) is 6.20. The third-order valence-corrected chi connectivity index (χ3v) is 6.20. The molecule has 4 aromatic carbocycles. The van der Waals surface area contributed by atoms with Crippen molar-refractivity contribution in [3.63, 3.8) is 0 Å². The fourth-order valence-electron chi connectivity index (χ4n) is 4.33. The third kappa shape index (κ3) is 5.49. The normalized spacial score (nSPS) is 14.7. The zero-order valence-corrected chi connectivity index (χ0v) is 20.2. The molecule has 0 saturated carbocycles. The Kier molecular flexibility index (Phi) is 7.47. The van der Waals surface area contributed by atoms with Crippen molar-refractivity contribution in [1.82, 2.24) is 0 Å². The average Bonchev–Trinajstić information content (AvgIpc) is 2.97. The van der Waals surface area contributed by atoms with E-state index in [4.69, 9.17) is 9.47 Å². The van der Waals surface area contributed by atoms with Crippen LogP contribution in [0.3, 0.4) is 0 Å². The molecule has 5 heteroatoms. The maximum atomic E-state index is 13.8. The Morgan fingerprint density at radius 3 is 1.27 bits per heavy atom. The van der Waals surface area contributed by atoms with Gasteiger partial charge in [-0.3, -0.25) is 9.79 Å². The van der Waals surface area contributed by atoms with Gasteiger partial charge in [-0.15, -0.1) is 0 Å². The van der Waals surface area contributed by atoms with Crippen molar-refractivity contribution < 1.29 is 19.4 Å². The van der Waals surface area contributed by atoms with E-state index in [0.29, 0.717) is 0 Å². The standard InChI is InChI=1S/C32H27NO4/c34-22-28-21-29(35)32(23-33-28,36-30(24-13-5-1-6-14-24)25-15-7-2-8-16-25)37-31(26-17-9-3-10-18-26)27-19-11-4-12-20-27/h1-21,23,30-31,34H,22H2. The molecule has 5 rings (SSSR count). The van der Waals surface area contributed by atoms with Crippen LogP contribution in [0.5, 0.6) is 0 Å². The first-order valence-electron chi connectivity index (χ1n) is 12.1. The molecule has 0 fully saturated rings. The molecule has 0 aliphatic carbocycles. The van der Waals surface area contributed by atoms with Crippen molar-refractivity contribution in [2.24, 2.45) is 4.99 Å². The molecular formula is C32H27NO4. The topological polar surface area (TPSA) is 68.1 Å². The van der Waals surface area contributed by atoms with Crippen LogP contribution in [-0.4, -0.2) is 29.5 Å². The first-order chi connectivity index (χ1) is 18.2. The van der Waals surface area contributed by atoms with Gasteiger partial charge in [0.25, 0.3) is 5.79 Å². The summed E-state index contributed by atoms with van der Waals surface area (Å²) in [6, 6.07) is 38.8. The number of benzene rings is 4. The van der Waals surface area contributed by atoms with E-state index in [1.54, 1.807) is 0 Å². The van der Waals surface area contributed by atoms with Gasteiger partial charge in [-0.25, -0.2) is 0 Å². The number of hydrogen-bond acceptors (Lipinski definition) is 5. The van der Waals surface area contributed by atoms with Crippen molar-refractivity contribution in [3.05, 3.63) is 155 Å². The molecule has 0 atom stereocenters. The average molecular weight is 490 g/mol. The molecular weight excluding hydrogens is 462 g/mol. The number of ether oxygens (including phenoxy) is 2. The van der Waals surface area contributed by atoms with Crippen LogP contribution in [0.15, 0.2) is 138 Å². The van der Waals surface area contributed by atoms with Crippen molar-refractivity contribution in [3.8, 4) is 0 Å². The molecule has 1 aliphatic rings. The highest BCUT2D eigenvalue weighted by molar-refractivity contribution is 6.10. The van der Waals surface area contributed by atoms with Crippen molar-refractivity contribution >= 4 is 12.0 Å². The quantitative estimate of drug-likeness (QED) is 0.301. The molecule has 4 aromatic rings. The SMILES string of the molecule is O=C1C=C(CO)N=CC1(OC(c1ccccc1)c1ccccc1)OC(c1ccccc1)c1ccccc1. The summed E-state index contributed by atoms with van der Waals surface area (Å²) in [4.78, 5) is 18.1. The number of rotatable bonds is 9. The Labute approximate surface area is 216 Å². The fraction of sp³-hybridized carbons (Fsp3) is 0.125. The smallest absolute Gasteiger partial charge is 0.272 e. The van der Waals surface area contributed by atoms with Crippen LogP contribution in [0, 0.1) is 0 Å². The highest BCUT2D eigenvalue weighted by Gasteiger charge is 2.45. The van der Waals surface area contributed by atoms with Crippen LogP contribution in [0.1, 0.15) is 34.5 Å². The minimum Gasteiger partial charge on any atom is -0.390 e. The van der Waals surface area contributed by atoms with Crippen LogP contribution in [-0.2, 0) is 14.3 Å². The molecule has 0 radical (unpaired) electrons. The lowest BCUT2D eigenvalue weighted by atomic mass is 9.98. The first kappa shape index (κ1) is 24.5. The Balaban J connectivity index is 1.62. The van der Waals surface area contributed by atoms with E-state index in [9.17, 15) is 9.90 Å². The highest BCUT2D eigenvalue weighted by atomic mass is 16.7. The van der Waals surface area contributed by atoms with Gasteiger partial charge in [-0.1, -0.05) is 121 Å². The Morgan fingerprint density at radius 2 is 0.973 bits per heavy atom. The lowest BCUT2D eigenvalue weighted by Gasteiger charge is -2.37. The second kappa shape index (κ2) is 11.3. The molecule has 1 aliphatic heterocycles. The second-order valence-electron chi connectivity index (χ2n) is 8.72. The molecule has 37 heavy (non-hydrogen) atoms. The van der Waals surface area contributed by atoms with Gasteiger partial charge in [0.05, 0.1) is 18.5 Å². The van der Waals surface area contributed by atoms with E-state index in [-0.39, 0.29) is 12.3 Å². The van der Waals surface area contributed by atoms with E-state index in [1.807, 2.05) is 121 Å². The van der Waals surface area contributed by atoms with Crippen molar-refractivity contribution in [1.29, 1.82) is 0 Å². The van der Waals surface area contributed by atoms with E-state index < -0.39 is 23.8 Å². The summed E-state index contributed by atoms with van der Waals surface area (Å²) in [5, 5.41) is 9.64. The predicted octanol–water partition coefficient (Wildman–Crippen LogP) is 5.82. The van der Waals surface area contributed by atoms with Crippen LogP contribution in [0.2, 0.25) is 0 Å². The molecule has 0 bridgehead atoms. The van der Waals surface area contributed by atoms with Crippen LogP contribution < -0.4 is 0 Å². The lowest BCUT2D eigenvalue weighted by molar-refractivity contribution is -0.215. The molecule has 0 spiro atoms. The minimum absolute atomic E-state index is 0.250. The summed E-state index contributed by atoms with van der Waals surface area (Å²) >= 11 is 0. The van der Waals surface area contributed by atoms with E-state index >= 15 is 0 Å². The number of carbonyl (C=O) groups excluding carboxylic acids is 1. The van der Waals surface area contributed by atoms with E-state index in [0.717, 1.165) is 22.3 Å². The largest absolute Gasteiger partial charge is 0.390 e. The summed E-state index contributed by atoms with van der Waals surface area (Å²) in [7, 11) is 0. The maximum Gasteiger partial charge on any atom is 0.272 e. The monoisotopic (exact) mass is 489 g/mol. The summed E-state index contributed by atoms with van der Waals surface area (Å²) in [5.74, 6) is -2.29. The molecule has 1 N–H and O–H groups in total. The minimum atomic E-state index is -1.84. The number of ketones is 1. The summed E-state index contributed by atoms with van der Waals surface area (Å²) in [6.45, 7) is -0.361. The van der Waals surface area contributed by atoms with Gasteiger partial charge in [0.15, 0.2) is 0 Å². The van der Waals surface area contributed by atoms with Gasteiger partial charge in [-0.05, 0) is 22.3 Å². The summed E-state index contributed by atoms with van der Waals surface area (Å²) < 4.78 is 13.4. The predicted molar refractivity (Wildman–Crippen MR) is 143 cm³/mol. The van der Waals surface area contributed by atoms with Crippen LogP contribution in [0.25, 0.3) is 0 Å². The molecule has 0 unspecified atom stereocenters. The number of aliphatic hydroxyl groups excluding tert-OH is 1. The highest BCUT2D eigenvalue weighted by Crippen LogP contribution is 2.38. The second-order valence-corrected chi connectivity index (χ2v) is 8.72. The van der Waals surface area contributed by atoms with Gasteiger partial charge in [0.1, 0.15) is 12.2 Å². The number of aliphatic hydroxyl groups is 1. The van der Waals surface area contributed by atoms with E-state index in [2.05, 4.69) is 4.99 Å². The Morgan fingerprint density at radius 1 is 0.622 bits per heavy atom. The lowest BCUT2D eigenvalue weighted by Crippen LogP contribution is -2.49. The number of nitrogens with zero attached hydrogens (tertiary/aromatic N) is 1.